The maximum atomic E-state index is 14.0. The molecule has 0 radical (unpaired) electrons. The minimum atomic E-state index is -0.411. The van der Waals surface area contributed by atoms with Gasteiger partial charge in [0.2, 0.25) is 0 Å². The van der Waals surface area contributed by atoms with Gasteiger partial charge in [0.15, 0.2) is 11.6 Å². The molecule has 0 bridgehead atoms. The van der Waals surface area contributed by atoms with Crippen molar-refractivity contribution >= 4 is 23.6 Å². The number of aldehydes is 1. The van der Waals surface area contributed by atoms with Crippen molar-refractivity contribution < 1.29 is 23.6 Å². The smallest absolute Gasteiger partial charge is 0.166 e. The summed E-state index contributed by atoms with van der Waals surface area (Å²) >= 11 is 0. The zero-order valence-corrected chi connectivity index (χ0v) is 21.5. The summed E-state index contributed by atoms with van der Waals surface area (Å²) in [6, 6.07) is 2.75. The Bertz CT molecular complexity index is 735. The van der Waals surface area contributed by atoms with E-state index in [1.54, 1.807) is 6.92 Å². The van der Waals surface area contributed by atoms with E-state index in [-0.39, 0.29) is 29.0 Å². The number of benzene rings is 1. The Morgan fingerprint density at radius 3 is 1.88 bits per heavy atom. The van der Waals surface area contributed by atoms with E-state index in [0.717, 1.165) is 32.0 Å². The number of Topliss-reactive ketones (excluding diaryl/α,β-unsaturated/α-hetero) is 3. The van der Waals surface area contributed by atoms with Gasteiger partial charge < -0.3 is 4.79 Å². The standard InChI is InChI=1S/C16H21FO2.C9H18O.C2H4O/c1-6-10(4)16(19)14-8-15(17)12(9(2)3)7-13(14)11(5)18;1-4-5-9(10)7-6-8(2)3;1-2-3/h7-10H,6H2,1-5H3;8H,4-7H2,1-3H3;2H,1H3. The van der Waals surface area contributed by atoms with Crippen LogP contribution in [0.3, 0.4) is 0 Å². The molecular formula is C27H43FO4. The first kappa shape index (κ1) is 32.0. The molecule has 32 heavy (non-hydrogen) atoms. The van der Waals surface area contributed by atoms with E-state index in [1.807, 2.05) is 27.7 Å². The van der Waals surface area contributed by atoms with Gasteiger partial charge in [-0.05, 0) is 62.6 Å². The molecule has 1 aromatic carbocycles. The number of ketones is 3. The molecule has 1 rings (SSSR count). The van der Waals surface area contributed by atoms with Crippen molar-refractivity contribution in [1.29, 1.82) is 0 Å². The second-order valence-corrected chi connectivity index (χ2v) is 8.76. The monoisotopic (exact) mass is 450 g/mol. The van der Waals surface area contributed by atoms with Gasteiger partial charge in [-0.1, -0.05) is 48.5 Å². The van der Waals surface area contributed by atoms with Crippen molar-refractivity contribution in [3.05, 3.63) is 34.6 Å². The molecule has 0 heterocycles. The third-order valence-corrected chi connectivity index (χ3v) is 4.99. The summed E-state index contributed by atoms with van der Waals surface area (Å²) in [5, 5.41) is 0. The molecule has 5 heteroatoms. The van der Waals surface area contributed by atoms with Crippen molar-refractivity contribution in [3.8, 4) is 0 Å². The third-order valence-electron chi connectivity index (χ3n) is 4.99. The molecular weight excluding hydrogens is 407 g/mol. The fourth-order valence-corrected chi connectivity index (χ4v) is 2.83. The van der Waals surface area contributed by atoms with E-state index < -0.39 is 5.82 Å². The van der Waals surface area contributed by atoms with Crippen LogP contribution in [-0.4, -0.2) is 23.6 Å². The van der Waals surface area contributed by atoms with Crippen molar-refractivity contribution in [2.75, 3.05) is 0 Å². The van der Waals surface area contributed by atoms with Gasteiger partial charge >= 0.3 is 0 Å². The van der Waals surface area contributed by atoms with E-state index >= 15 is 0 Å². The molecule has 0 amide bonds. The molecule has 0 saturated heterocycles. The predicted molar refractivity (Wildman–Crippen MR) is 130 cm³/mol. The van der Waals surface area contributed by atoms with Gasteiger partial charge in [0.25, 0.3) is 0 Å². The molecule has 0 spiro atoms. The predicted octanol–water partition coefficient (Wildman–Crippen LogP) is 7.38. The maximum absolute atomic E-state index is 14.0. The first-order chi connectivity index (χ1) is 14.9. The molecule has 0 aliphatic rings. The van der Waals surface area contributed by atoms with Crippen LogP contribution in [0.15, 0.2) is 12.1 Å². The lowest BCUT2D eigenvalue weighted by atomic mass is 9.89. The topological polar surface area (TPSA) is 68.3 Å². The van der Waals surface area contributed by atoms with Gasteiger partial charge in [-0.3, -0.25) is 14.4 Å². The summed E-state index contributed by atoms with van der Waals surface area (Å²) in [6.07, 6.45) is 5.03. The van der Waals surface area contributed by atoms with Gasteiger partial charge in [-0.25, -0.2) is 4.39 Å². The van der Waals surface area contributed by atoms with Crippen LogP contribution in [0.2, 0.25) is 0 Å². The molecule has 0 N–H and O–H groups in total. The molecule has 0 aliphatic heterocycles. The highest BCUT2D eigenvalue weighted by Crippen LogP contribution is 2.25. The molecule has 182 valence electrons. The highest BCUT2D eigenvalue weighted by molar-refractivity contribution is 6.08. The summed E-state index contributed by atoms with van der Waals surface area (Å²) < 4.78 is 14.0. The van der Waals surface area contributed by atoms with Gasteiger partial charge in [0, 0.05) is 29.9 Å². The zero-order valence-electron chi connectivity index (χ0n) is 21.5. The van der Waals surface area contributed by atoms with Gasteiger partial charge in [0.1, 0.15) is 17.9 Å². The second-order valence-electron chi connectivity index (χ2n) is 8.76. The van der Waals surface area contributed by atoms with E-state index in [4.69, 9.17) is 4.79 Å². The van der Waals surface area contributed by atoms with Gasteiger partial charge in [-0.2, -0.15) is 0 Å². The highest BCUT2D eigenvalue weighted by Gasteiger charge is 2.22. The van der Waals surface area contributed by atoms with Crippen LogP contribution < -0.4 is 0 Å². The minimum Gasteiger partial charge on any atom is -0.304 e. The molecule has 1 unspecified atom stereocenters. The zero-order chi connectivity index (χ0) is 25.4. The van der Waals surface area contributed by atoms with Crippen molar-refractivity contribution in [2.45, 2.75) is 100 Å². The van der Waals surface area contributed by atoms with E-state index in [9.17, 15) is 18.8 Å². The number of hydrogen-bond donors (Lipinski definition) is 0. The number of hydrogen-bond acceptors (Lipinski definition) is 4. The average Bonchev–Trinajstić information content (AvgIpc) is 2.71. The fraction of sp³-hybridized carbons (Fsp3) is 0.630. The first-order valence-corrected chi connectivity index (χ1v) is 11.7. The minimum absolute atomic E-state index is 0.0224. The van der Waals surface area contributed by atoms with E-state index in [1.165, 1.54) is 26.0 Å². The Hall–Kier alpha value is -2.17. The van der Waals surface area contributed by atoms with Gasteiger partial charge in [-0.15, -0.1) is 0 Å². The molecule has 0 saturated carbocycles. The lowest BCUT2D eigenvalue weighted by Gasteiger charge is -2.15. The summed E-state index contributed by atoms with van der Waals surface area (Å²) in [7, 11) is 0. The Labute approximate surface area is 194 Å². The van der Waals surface area contributed by atoms with Crippen LogP contribution in [0, 0.1) is 17.7 Å². The maximum Gasteiger partial charge on any atom is 0.166 e. The Kier molecular flexibility index (Phi) is 17.4. The number of halogens is 1. The molecule has 4 nitrogen and oxygen atoms in total. The average molecular weight is 451 g/mol. The normalized spacial score (nSPS) is 11.1. The van der Waals surface area contributed by atoms with Crippen LogP contribution in [0.1, 0.15) is 127 Å². The van der Waals surface area contributed by atoms with Crippen LogP contribution in [-0.2, 0) is 9.59 Å². The largest absolute Gasteiger partial charge is 0.304 e. The van der Waals surface area contributed by atoms with E-state index in [2.05, 4.69) is 13.8 Å². The Morgan fingerprint density at radius 2 is 1.50 bits per heavy atom. The summed E-state index contributed by atoms with van der Waals surface area (Å²) in [5.74, 6) is 0.0902. The molecule has 0 aromatic heterocycles. The summed E-state index contributed by atoms with van der Waals surface area (Å²) in [6.45, 7) is 16.6. The number of rotatable bonds is 10. The fourth-order valence-electron chi connectivity index (χ4n) is 2.83. The van der Waals surface area contributed by atoms with E-state index in [0.29, 0.717) is 29.2 Å². The molecule has 1 aromatic rings. The SMILES string of the molecule is CC=O.CCC(C)C(=O)c1cc(F)c(C(C)C)cc1C(C)=O.CCCC(=O)CCC(C)C. The summed E-state index contributed by atoms with van der Waals surface area (Å²) in [4.78, 5) is 43.7. The number of carbonyl (C=O) groups is 4. The van der Waals surface area contributed by atoms with Crippen LogP contribution in [0.4, 0.5) is 4.39 Å². The first-order valence-electron chi connectivity index (χ1n) is 11.7. The Balaban J connectivity index is 0. The highest BCUT2D eigenvalue weighted by atomic mass is 19.1. The van der Waals surface area contributed by atoms with Crippen LogP contribution in [0.25, 0.3) is 0 Å². The lowest BCUT2D eigenvalue weighted by Crippen LogP contribution is -2.16. The van der Waals surface area contributed by atoms with Crippen molar-refractivity contribution in [2.24, 2.45) is 11.8 Å². The summed E-state index contributed by atoms with van der Waals surface area (Å²) in [5.41, 5.74) is 1.02. The molecule has 0 aliphatic carbocycles. The van der Waals surface area contributed by atoms with Crippen LogP contribution >= 0.6 is 0 Å². The quantitative estimate of drug-likeness (QED) is 0.275. The van der Waals surface area contributed by atoms with Crippen molar-refractivity contribution in [3.63, 3.8) is 0 Å². The second kappa shape index (κ2) is 17.4. The third kappa shape index (κ3) is 12.6. The molecule has 1 atom stereocenters. The number of carbonyl (C=O) groups excluding carboxylic acids is 4. The lowest BCUT2D eigenvalue weighted by molar-refractivity contribution is -0.119. The molecule has 0 fully saturated rings. The Morgan fingerprint density at radius 1 is 0.969 bits per heavy atom. The van der Waals surface area contributed by atoms with Crippen molar-refractivity contribution in [1.82, 2.24) is 0 Å². The van der Waals surface area contributed by atoms with Gasteiger partial charge in [0.05, 0.1) is 0 Å². The van der Waals surface area contributed by atoms with Crippen LogP contribution in [0.5, 0.6) is 0 Å².